The molecule has 0 aliphatic carbocycles. The van der Waals surface area contributed by atoms with Gasteiger partial charge < -0.3 is 18.9 Å². The number of hydrogen-bond donors (Lipinski definition) is 0. The number of ether oxygens (including phenoxy) is 4. The Balaban J connectivity index is 3.79. The van der Waals surface area contributed by atoms with E-state index in [2.05, 4.69) is 27.7 Å². The molecule has 0 aromatic rings. The molecule has 0 amide bonds. The summed E-state index contributed by atoms with van der Waals surface area (Å²) >= 11 is 0. The van der Waals surface area contributed by atoms with E-state index in [9.17, 15) is 9.59 Å². The van der Waals surface area contributed by atoms with Gasteiger partial charge in [-0.05, 0) is 24.7 Å². The van der Waals surface area contributed by atoms with Crippen LogP contribution in [0.1, 0.15) is 79.1 Å². The number of unbranched alkanes of at least 4 members (excludes halogenated alkanes) is 2. The van der Waals surface area contributed by atoms with Crippen LogP contribution in [0, 0.1) is 11.8 Å². The molecule has 0 fully saturated rings. The molecule has 0 bridgehead atoms. The molecule has 0 rings (SSSR count). The maximum Gasteiger partial charge on any atom is 0.511 e. The molecule has 0 aliphatic rings. The normalized spacial score (nSPS) is 13.0. The molecule has 0 radical (unpaired) electrons. The van der Waals surface area contributed by atoms with Crippen molar-refractivity contribution >= 4 is 12.3 Å². The van der Waals surface area contributed by atoms with Gasteiger partial charge in [-0.2, -0.15) is 0 Å². The van der Waals surface area contributed by atoms with Gasteiger partial charge in [-0.25, -0.2) is 9.59 Å². The third-order valence-electron chi connectivity index (χ3n) is 4.31. The molecule has 25 heavy (non-hydrogen) atoms. The summed E-state index contributed by atoms with van der Waals surface area (Å²) in [5.41, 5.74) is 0. The van der Waals surface area contributed by atoms with Crippen LogP contribution in [0.2, 0.25) is 0 Å². The van der Waals surface area contributed by atoms with E-state index in [0.29, 0.717) is 25.0 Å². The highest BCUT2D eigenvalue weighted by molar-refractivity contribution is 5.61. The topological polar surface area (TPSA) is 71.1 Å². The smallest absolute Gasteiger partial charge is 0.434 e. The molecule has 0 spiro atoms. The molecule has 6 nitrogen and oxygen atoms in total. The van der Waals surface area contributed by atoms with Gasteiger partial charge in [0.25, 0.3) is 0 Å². The molecule has 0 aromatic carbocycles. The maximum absolute atomic E-state index is 11.5. The summed E-state index contributed by atoms with van der Waals surface area (Å²) in [7, 11) is 0. The zero-order valence-electron chi connectivity index (χ0n) is 16.4. The Labute approximate surface area is 152 Å². The minimum atomic E-state index is -0.822. The van der Waals surface area contributed by atoms with Crippen molar-refractivity contribution in [3.63, 3.8) is 0 Å². The minimum Gasteiger partial charge on any atom is -0.434 e. The van der Waals surface area contributed by atoms with E-state index in [1.807, 2.05) is 0 Å². The molecule has 0 saturated carbocycles. The number of carbonyl (C=O) groups is 2. The van der Waals surface area contributed by atoms with Gasteiger partial charge in [0.15, 0.2) is 0 Å². The summed E-state index contributed by atoms with van der Waals surface area (Å²) in [5, 5.41) is 0. The van der Waals surface area contributed by atoms with Gasteiger partial charge in [0.05, 0.1) is 13.2 Å². The third kappa shape index (κ3) is 13.5. The second-order valence-corrected chi connectivity index (χ2v) is 6.36. The standard InChI is InChI=1S/C19H36O6/c1-5-9-11-16(7-3)13-22-18(20)24-15-25-19(21)23-14-17(8-4)12-10-6-2/h16-17H,5-15H2,1-4H3. The fraction of sp³-hybridized carbons (Fsp3) is 0.895. The van der Waals surface area contributed by atoms with Crippen LogP contribution < -0.4 is 0 Å². The van der Waals surface area contributed by atoms with Crippen LogP contribution in [0.5, 0.6) is 0 Å². The monoisotopic (exact) mass is 360 g/mol. The van der Waals surface area contributed by atoms with E-state index >= 15 is 0 Å². The highest BCUT2D eigenvalue weighted by Gasteiger charge is 2.13. The first kappa shape index (κ1) is 23.5. The lowest BCUT2D eigenvalue weighted by atomic mass is 10.0. The molecule has 6 heteroatoms. The van der Waals surface area contributed by atoms with E-state index in [4.69, 9.17) is 18.9 Å². The lowest BCUT2D eigenvalue weighted by Crippen LogP contribution is -2.19. The molecular weight excluding hydrogens is 324 g/mol. The van der Waals surface area contributed by atoms with Gasteiger partial charge in [0.1, 0.15) is 0 Å². The first-order chi connectivity index (χ1) is 12.1. The molecule has 148 valence electrons. The molecule has 0 heterocycles. The average molecular weight is 360 g/mol. The van der Waals surface area contributed by atoms with Crippen LogP contribution in [-0.4, -0.2) is 32.3 Å². The summed E-state index contributed by atoms with van der Waals surface area (Å²) in [5.74, 6) is 0.681. The first-order valence-corrected chi connectivity index (χ1v) is 9.66. The second kappa shape index (κ2) is 16.0. The van der Waals surface area contributed by atoms with E-state index < -0.39 is 19.1 Å². The Morgan fingerprint density at radius 3 is 1.40 bits per heavy atom. The van der Waals surface area contributed by atoms with Crippen molar-refractivity contribution < 1.29 is 28.5 Å². The summed E-state index contributed by atoms with van der Waals surface area (Å²) in [6, 6.07) is 0. The molecular formula is C19H36O6. The zero-order chi connectivity index (χ0) is 18.9. The van der Waals surface area contributed by atoms with Crippen LogP contribution >= 0.6 is 0 Å². The number of hydrogen-bond acceptors (Lipinski definition) is 6. The minimum absolute atomic E-state index is 0.329. The van der Waals surface area contributed by atoms with Gasteiger partial charge in [-0.1, -0.05) is 66.2 Å². The fourth-order valence-corrected chi connectivity index (χ4v) is 2.38. The van der Waals surface area contributed by atoms with E-state index in [1.54, 1.807) is 0 Å². The largest absolute Gasteiger partial charge is 0.511 e. The van der Waals surface area contributed by atoms with Gasteiger partial charge in [0, 0.05) is 0 Å². The van der Waals surface area contributed by atoms with Crippen LogP contribution in [0.3, 0.4) is 0 Å². The maximum atomic E-state index is 11.5. The molecule has 2 atom stereocenters. The Morgan fingerprint density at radius 2 is 1.08 bits per heavy atom. The number of carbonyl (C=O) groups excluding carboxylic acids is 2. The van der Waals surface area contributed by atoms with Crippen LogP contribution in [0.15, 0.2) is 0 Å². The van der Waals surface area contributed by atoms with Crippen molar-refractivity contribution in [2.24, 2.45) is 11.8 Å². The predicted molar refractivity (Wildman–Crippen MR) is 96.3 cm³/mol. The van der Waals surface area contributed by atoms with Crippen molar-refractivity contribution in [2.45, 2.75) is 79.1 Å². The van der Waals surface area contributed by atoms with Gasteiger partial charge in [0.2, 0.25) is 6.79 Å². The van der Waals surface area contributed by atoms with E-state index in [0.717, 1.165) is 51.4 Å². The lowest BCUT2D eigenvalue weighted by Gasteiger charge is -2.15. The Morgan fingerprint density at radius 1 is 0.680 bits per heavy atom. The Bertz CT molecular complexity index is 313. The van der Waals surface area contributed by atoms with E-state index in [-0.39, 0.29) is 0 Å². The molecule has 0 saturated heterocycles. The average Bonchev–Trinajstić information content (AvgIpc) is 2.62. The Hall–Kier alpha value is -1.46. The van der Waals surface area contributed by atoms with E-state index in [1.165, 1.54) is 0 Å². The summed E-state index contributed by atoms with van der Waals surface area (Å²) in [4.78, 5) is 22.9. The summed E-state index contributed by atoms with van der Waals surface area (Å²) in [6.07, 6.45) is 6.78. The first-order valence-electron chi connectivity index (χ1n) is 9.66. The van der Waals surface area contributed by atoms with Crippen molar-refractivity contribution in [3.05, 3.63) is 0 Å². The molecule has 0 aliphatic heterocycles. The van der Waals surface area contributed by atoms with Crippen LogP contribution in [0.4, 0.5) is 9.59 Å². The summed E-state index contributed by atoms with van der Waals surface area (Å²) < 4.78 is 19.5. The summed E-state index contributed by atoms with van der Waals surface area (Å²) in [6.45, 7) is 8.56. The van der Waals surface area contributed by atoms with Crippen LogP contribution in [0.25, 0.3) is 0 Å². The van der Waals surface area contributed by atoms with Crippen molar-refractivity contribution in [1.82, 2.24) is 0 Å². The fourth-order valence-electron chi connectivity index (χ4n) is 2.38. The highest BCUT2D eigenvalue weighted by Crippen LogP contribution is 2.14. The van der Waals surface area contributed by atoms with Gasteiger partial charge >= 0.3 is 12.3 Å². The quantitative estimate of drug-likeness (QED) is 0.293. The van der Waals surface area contributed by atoms with Crippen LogP contribution in [-0.2, 0) is 18.9 Å². The van der Waals surface area contributed by atoms with Crippen molar-refractivity contribution in [3.8, 4) is 0 Å². The molecule has 0 N–H and O–H groups in total. The van der Waals surface area contributed by atoms with Gasteiger partial charge in [-0.3, -0.25) is 0 Å². The molecule has 2 unspecified atom stereocenters. The number of rotatable bonds is 14. The SMILES string of the molecule is CCCCC(CC)COC(=O)OCOC(=O)OCC(CC)CCCC. The predicted octanol–water partition coefficient (Wildman–Crippen LogP) is 5.68. The van der Waals surface area contributed by atoms with Crippen molar-refractivity contribution in [1.29, 1.82) is 0 Å². The second-order valence-electron chi connectivity index (χ2n) is 6.36. The lowest BCUT2D eigenvalue weighted by molar-refractivity contribution is -0.0441. The Kier molecular flexibility index (Phi) is 15.1. The third-order valence-corrected chi connectivity index (χ3v) is 4.31. The van der Waals surface area contributed by atoms with Crippen molar-refractivity contribution in [2.75, 3.05) is 20.0 Å². The highest BCUT2D eigenvalue weighted by atomic mass is 16.8. The zero-order valence-corrected chi connectivity index (χ0v) is 16.4. The molecule has 0 aromatic heterocycles. The van der Waals surface area contributed by atoms with Gasteiger partial charge in [-0.15, -0.1) is 0 Å².